The fourth-order valence-corrected chi connectivity index (χ4v) is 4.30. The molecular weight excluding hydrogens is 344 g/mol. The second kappa shape index (κ2) is 6.97. The molecule has 0 saturated heterocycles. The molecule has 0 aliphatic rings. The van der Waals surface area contributed by atoms with Gasteiger partial charge in [0.15, 0.2) is 0 Å². The summed E-state index contributed by atoms with van der Waals surface area (Å²) >= 11 is 0. The Kier molecular flexibility index (Phi) is 5.38. The lowest BCUT2D eigenvalue weighted by atomic mass is 10.1. The Bertz CT molecular complexity index is 964. The molecule has 1 heterocycles. The lowest BCUT2D eigenvalue weighted by Crippen LogP contribution is -2.04. The van der Waals surface area contributed by atoms with E-state index in [2.05, 4.69) is 4.57 Å². The number of nitrogens with two attached hydrogens (primary N) is 1. The maximum atomic E-state index is 12.8. The Morgan fingerprint density at radius 2 is 1.71 bits per heavy atom. The first-order valence-electron chi connectivity index (χ1n) is 7.55. The van der Waals surface area contributed by atoms with Crippen molar-refractivity contribution in [3.63, 3.8) is 0 Å². The van der Waals surface area contributed by atoms with E-state index in [0.717, 1.165) is 28.6 Å². The van der Waals surface area contributed by atoms with E-state index in [-0.39, 0.29) is 12.4 Å². The van der Waals surface area contributed by atoms with Crippen molar-refractivity contribution in [3.8, 4) is 0 Å². The zero-order chi connectivity index (χ0) is 16.6. The number of aromatic nitrogens is 1. The van der Waals surface area contributed by atoms with Gasteiger partial charge in [0.05, 0.1) is 9.79 Å². The lowest BCUT2D eigenvalue weighted by molar-refractivity contribution is 0.596. The van der Waals surface area contributed by atoms with Crippen LogP contribution in [-0.2, 0) is 23.3 Å². The van der Waals surface area contributed by atoms with Crippen LogP contribution in [0.2, 0.25) is 0 Å². The first kappa shape index (κ1) is 18.5. The van der Waals surface area contributed by atoms with Gasteiger partial charge in [0, 0.05) is 23.6 Å². The van der Waals surface area contributed by atoms with Crippen LogP contribution >= 0.6 is 12.4 Å². The molecule has 0 saturated carbocycles. The average Bonchev–Trinajstić information content (AvgIpc) is 2.81. The van der Waals surface area contributed by atoms with E-state index in [4.69, 9.17) is 5.73 Å². The number of rotatable bonds is 4. The molecule has 0 aliphatic heterocycles. The standard InChI is InChI=1S/C18H20N2O2S.ClH/c1-13-16(10-11-19)17-12-15(8-9-18(17)20(13)2)23(21,22)14-6-4-3-5-7-14;/h3-9,12H,10-11,19H2,1-2H3;1H. The van der Waals surface area contributed by atoms with Crippen LogP contribution in [0.3, 0.4) is 0 Å². The highest BCUT2D eigenvalue weighted by Crippen LogP contribution is 2.30. The first-order valence-corrected chi connectivity index (χ1v) is 9.03. The number of hydrogen-bond donors (Lipinski definition) is 1. The molecule has 4 nitrogen and oxygen atoms in total. The fraction of sp³-hybridized carbons (Fsp3) is 0.222. The number of sulfone groups is 1. The van der Waals surface area contributed by atoms with Crippen molar-refractivity contribution in [2.24, 2.45) is 12.8 Å². The van der Waals surface area contributed by atoms with E-state index < -0.39 is 9.84 Å². The number of aryl methyl sites for hydroxylation is 1. The van der Waals surface area contributed by atoms with Crippen molar-refractivity contribution in [2.45, 2.75) is 23.1 Å². The van der Waals surface area contributed by atoms with Crippen LogP contribution in [-0.4, -0.2) is 19.5 Å². The van der Waals surface area contributed by atoms with Crippen molar-refractivity contribution in [1.82, 2.24) is 4.57 Å². The summed E-state index contributed by atoms with van der Waals surface area (Å²) in [5.41, 5.74) is 8.99. The number of halogens is 1. The Balaban J connectivity index is 0.00000208. The summed E-state index contributed by atoms with van der Waals surface area (Å²) in [7, 11) is -1.52. The molecule has 0 amide bonds. The van der Waals surface area contributed by atoms with Crippen molar-refractivity contribution < 1.29 is 8.42 Å². The molecule has 0 unspecified atom stereocenters. The molecule has 0 atom stereocenters. The van der Waals surface area contributed by atoms with E-state index in [9.17, 15) is 8.42 Å². The molecule has 3 aromatic rings. The van der Waals surface area contributed by atoms with Gasteiger partial charge in [-0.3, -0.25) is 0 Å². The number of fused-ring (bicyclic) bond motifs is 1. The number of benzene rings is 2. The van der Waals surface area contributed by atoms with E-state index in [1.807, 2.05) is 26.1 Å². The summed E-state index contributed by atoms with van der Waals surface area (Å²) in [5.74, 6) is 0. The smallest absolute Gasteiger partial charge is 0.206 e. The maximum absolute atomic E-state index is 12.8. The van der Waals surface area contributed by atoms with Crippen molar-refractivity contribution in [3.05, 3.63) is 59.8 Å². The van der Waals surface area contributed by atoms with Gasteiger partial charge in [0.25, 0.3) is 0 Å². The molecule has 1 aromatic heterocycles. The van der Waals surface area contributed by atoms with Crippen LogP contribution in [0.5, 0.6) is 0 Å². The predicted molar refractivity (Wildman–Crippen MR) is 99.6 cm³/mol. The SMILES string of the molecule is Cc1c(CCN)c2cc(S(=O)(=O)c3ccccc3)ccc2n1C.Cl. The first-order chi connectivity index (χ1) is 11.0. The van der Waals surface area contributed by atoms with Gasteiger partial charge >= 0.3 is 0 Å². The fourth-order valence-electron chi connectivity index (χ4n) is 2.99. The summed E-state index contributed by atoms with van der Waals surface area (Å²) in [6, 6.07) is 13.8. The average molecular weight is 365 g/mol. The van der Waals surface area contributed by atoms with Gasteiger partial charge in [-0.25, -0.2) is 8.42 Å². The molecule has 3 rings (SSSR count). The summed E-state index contributed by atoms with van der Waals surface area (Å²) < 4.78 is 27.7. The molecule has 0 spiro atoms. The minimum atomic E-state index is -3.51. The number of hydrogen-bond acceptors (Lipinski definition) is 3. The lowest BCUT2D eigenvalue weighted by Gasteiger charge is -2.06. The van der Waals surface area contributed by atoms with E-state index in [1.165, 1.54) is 0 Å². The Labute approximate surface area is 148 Å². The topological polar surface area (TPSA) is 65.1 Å². The summed E-state index contributed by atoms with van der Waals surface area (Å²) in [6.07, 6.45) is 0.734. The van der Waals surface area contributed by atoms with Crippen LogP contribution < -0.4 is 5.73 Å². The predicted octanol–water partition coefficient (Wildman–Crippen LogP) is 3.24. The quantitative estimate of drug-likeness (QED) is 0.772. The third-order valence-electron chi connectivity index (χ3n) is 4.35. The van der Waals surface area contributed by atoms with Crippen LogP contribution in [0.15, 0.2) is 58.3 Å². The monoisotopic (exact) mass is 364 g/mol. The molecule has 0 aliphatic carbocycles. The van der Waals surface area contributed by atoms with Crippen molar-refractivity contribution in [1.29, 1.82) is 0 Å². The second-order valence-electron chi connectivity index (χ2n) is 5.66. The molecule has 128 valence electrons. The van der Waals surface area contributed by atoms with Crippen LogP contribution in [0.1, 0.15) is 11.3 Å². The zero-order valence-corrected chi connectivity index (χ0v) is 15.3. The molecule has 24 heavy (non-hydrogen) atoms. The van der Waals surface area contributed by atoms with Crippen LogP contribution in [0.25, 0.3) is 10.9 Å². The highest BCUT2D eigenvalue weighted by molar-refractivity contribution is 7.91. The van der Waals surface area contributed by atoms with Gasteiger partial charge in [-0.1, -0.05) is 18.2 Å². The van der Waals surface area contributed by atoms with Gasteiger partial charge in [-0.15, -0.1) is 12.4 Å². The summed E-state index contributed by atoms with van der Waals surface area (Å²) in [4.78, 5) is 0.632. The Morgan fingerprint density at radius 3 is 2.33 bits per heavy atom. The van der Waals surface area contributed by atoms with Gasteiger partial charge in [0.1, 0.15) is 0 Å². The Hall–Kier alpha value is -1.82. The largest absolute Gasteiger partial charge is 0.348 e. The van der Waals surface area contributed by atoms with E-state index >= 15 is 0 Å². The van der Waals surface area contributed by atoms with Gasteiger partial charge in [-0.05, 0) is 55.8 Å². The highest BCUT2D eigenvalue weighted by atomic mass is 35.5. The van der Waals surface area contributed by atoms with E-state index in [1.54, 1.807) is 36.4 Å². The molecule has 6 heteroatoms. The van der Waals surface area contributed by atoms with Gasteiger partial charge in [0.2, 0.25) is 9.84 Å². The molecule has 2 aromatic carbocycles. The summed E-state index contributed by atoms with van der Waals surface area (Å²) in [5, 5.41) is 0.965. The normalized spacial score (nSPS) is 11.5. The molecule has 2 N–H and O–H groups in total. The minimum Gasteiger partial charge on any atom is -0.348 e. The molecule has 0 bridgehead atoms. The zero-order valence-electron chi connectivity index (χ0n) is 13.7. The van der Waals surface area contributed by atoms with Crippen LogP contribution in [0.4, 0.5) is 0 Å². The maximum Gasteiger partial charge on any atom is 0.206 e. The van der Waals surface area contributed by atoms with Crippen LogP contribution in [0, 0.1) is 6.92 Å². The molecular formula is C18H21ClN2O2S. The molecule has 0 fully saturated rings. The van der Waals surface area contributed by atoms with Gasteiger partial charge in [-0.2, -0.15) is 0 Å². The third-order valence-corrected chi connectivity index (χ3v) is 6.12. The van der Waals surface area contributed by atoms with Crippen molar-refractivity contribution in [2.75, 3.05) is 6.54 Å². The minimum absolute atomic E-state index is 0. The third kappa shape index (κ3) is 2.95. The van der Waals surface area contributed by atoms with Gasteiger partial charge < -0.3 is 10.3 Å². The van der Waals surface area contributed by atoms with Crippen molar-refractivity contribution >= 4 is 33.1 Å². The second-order valence-corrected chi connectivity index (χ2v) is 7.61. The van der Waals surface area contributed by atoms with E-state index in [0.29, 0.717) is 16.3 Å². The summed E-state index contributed by atoms with van der Waals surface area (Å²) in [6.45, 7) is 2.58. The number of nitrogens with zero attached hydrogens (tertiary/aromatic N) is 1. The highest BCUT2D eigenvalue weighted by Gasteiger charge is 2.20. The molecule has 0 radical (unpaired) electrons. The Morgan fingerprint density at radius 1 is 1.04 bits per heavy atom.